The van der Waals surface area contributed by atoms with Crippen LogP contribution < -0.4 is 9.47 Å². The first kappa shape index (κ1) is 25.3. The van der Waals surface area contributed by atoms with Crippen molar-refractivity contribution < 1.29 is 14.3 Å². The highest BCUT2D eigenvalue weighted by molar-refractivity contribution is 6.30. The van der Waals surface area contributed by atoms with Crippen LogP contribution in [0.15, 0.2) is 78.9 Å². The Kier molecular flexibility index (Phi) is 7.96. The van der Waals surface area contributed by atoms with Crippen LogP contribution in [0.1, 0.15) is 41.9 Å². The topological polar surface area (TPSA) is 56.6 Å². The Morgan fingerprint density at radius 2 is 1.64 bits per heavy atom. The number of aromatic nitrogens is 2. The summed E-state index contributed by atoms with van der Waals surface area (Å²) in [5.41, 5.74) is 3.05. The number of carbonyl (C=O) groups excluding carboxylic acids is 1. The smallest absolute Gasteiger partial charge is 0.254 e. The van der Waals surface area contributed by atoms with Gasteiger partial charge in [-0.05, 0) is 68.8 Å². The molecule has 0 saturated heterocycles. The maximum atomic E-state index is 13.6. The monoisotopic (exact) mass is 503 g/mol. The lowest BCUT2D eigenvalue weighted by Gasteiger charge is -2.29. The first-order valence-electron chi connectivity index (χ1n) is 11.9. The van der Waals surface area contributed by atoms with E-state index in [4.69, 9.17) is 26.2 Å². The average Bonchev–Trinajstić information content (AvgIpc) is 3.22. The molecule has 1 heterocycles. The quantitative estimate of drug-likeness (QED) is 0.245. The molecule has 6 nitrogen and oxygen atoms in total. The maximum absolute atomic E-state index is 13.6. The van der Waals surface area contributed by atoms with E-state index >= 15 is 0 Å². The van der Waals surface area contributed by atoms with Gasteiger partial charge < -0.3 is 14.4 Å². The maximum Gasteiger partial charge on any atom is 0.254 e. The fraction of sp³-hybridized carbons (Fsp3) is 0.241. The Balaban J connectivity index is 1.80. The van der Waals surface area contributed by atoms with Gasteiger partial charge in [0.25, 0.3) is 5.91 Å². The number of hydrogen-bond acceptors (Lipinski definition) is 4. The molecule has 0 aliphatic carbocycles. The highest BCUT2D eigenvalue weighted by Gasteiger charge is 2.27. The van der Waals surface area contributed by atoms with Gasteiger partial charge >= 0.3 is 0 Å². The number of benzene rings is 3. The molecule has 4 rings (SSSR count). The van der Waals surface area contributed by atoms with Gasteiger partial charge in [0.15, 0.2) is 11.5 Å². The summed E-state index contributed by atoms with van der Waals surface area (Å²) >= 11 is 6.06. The number of para-hydroxylation sites is 3. The van der Waals surface area contributed by atoms with Crippen LogP contribution in [-0.4, -0.2) is 33.7 Å². The molecule has 0 unspecified atom stereocenters. The van der Waals surface area contributed by atoms with Crippen LogP contribution in [-0.2, 0) is 6.54 Å². The van der Waals surface area contributed by atoms with Crippen LogP contribution in [0.2, 0.25) is 5.02 Å². The molecule has 0 aliphatic rings. The summed E-state index contributed by atoms with van der Waals surface area (Å²) in [6, 6.07) is 24.3. The zero-order chi connectivity index (χ0) is 25.7. The molecule has 186 valence electrons. The number of hydrogen-bond donors (Lipinski definition) is 0. The van der Waals surface area contributed by atoms with Crippen LogP contribution in [0, 0.1) is 6.92 Å². The number of halogens is 1. The molecule has 1 atom stereocenters. The fourth-order valence-electron chi connectivity index (χ4n) is 3.95. The van der Waals surface area contributed by atoms with E-state index in [2.05, 4.69) is 6.92 Å². The van der Waals surface area contributed by atoms with Crippen LogP contribution in [0.4, 0.5) is 0 Å². The largest absolute Gasteiger partial charge is 0.493 e. The second kappa shape index (κ2) is 11.3. The van der Waals surface area contributed by atoms with E-state index in [0.717, 1.165) is 23.4 Å². The van der Waals surface area contributed by atoms with E-state index in [9.17, 15) is 4.79 Å². The van der Waals surface area contributed by atoms with Crippen molar-refractivity contribution in [1.82, 2.24) is 14.7 Å². The Morgan fingerprint density at radius 1 is 1.00 bits per heavy atom. The molecule has 1 amide bonds. The van der Waals surface area contributed by atoms with Gasteiger partial charge in [0.1, 0.15) is 0 Å². The molecular weight excluding hydrogens is 474 g/mol. The third kappa shape index (κ3) is 5.39. The van der Waals surface area contributed by atoms with Crippen molar-refractivity contribution >= 4 is 17.5 Å². The molecule has 7 heteroatoms. The molecule has 0 fully saturated rings. The summed E-state index contributed by atoms with van der Waals surface area (Å²) in [6.45, 7) is 6.38. The van der Waals surface area contributed by atoms with E-state index in [1.54, 1.807) is 36.1 Å². The molecule has 4 aromatic rings. The molecule has 3 aromatic carbocycles. The van der Waals surface area contributed by atoms with Crippen molar-refractivity contribution in [2.75, 3.05) is 7.11 Å². The van der Waals surface area contributed by atoms with E-state index in [1.165, 1.54) is 0 Å². The van der Waals surface area contributed by atoms with Gasteiger partial charge in [-0.15, -0.1) is 0 Å². The normalized spacial score (nSPS) is 11.7. The predicted molar refractivity (Wildman–Crippen MR) is 142 cm³/mol. The van der Waals surface area contributed by atoms with E-state index in [-0.39, 0.29) is 11.9 Å². The first-order chi connectivity index (χ1) is 17.4. The Bertz CT molecular complexity index is 1320. The molecule has 0 spiro atoms. The summed E-state index contributed by atoms with van der Waals surface area (Å²) in [6.07, 6.45) is 0.800. The van der Waals surface area contributed by atoms with Crippen molar-refractivity contribution in [2.24, 2.45) is 0 Å². The summed E-state index contributed by atoms with van der Waals surface area (Å²) in [5, 5.41) is 5.40. The van der Waals surface area contributed by atoms with Gasteiger partial charge in [-0.3, -0.25) is 4.79 Å². The summed E-state index contributed by atoms with van der Waals surface area (Å²) in [5.74, 6) is 1.65. The number of nitrogens with zero attached hydrogens (tertiary/aromatic N) is 3. The van der Waals surface area contributed by atoms with Crippen molar-refractivity contribution in [3.8, 4) is 23.1 Å². The van der Waals surface area contributed by atoms with Crippen molar-refractivity contribution in [2.45, 2.75) is 39.8 Å². The Labute approximate surface area is 217 Å². The second-order valence-electron chi connectivity index (χ2n) is 8.57. The van der Waals surface area contributed by atoms with Crippen LogP contribution in [0.5, 0.6) is 17.4 Å². The van der Waals surface area contributed by atoms with Crippen LogP contribution >= 0.6 is 11.6 Å². The number of ether oxygens (including phenoxy) is 2. The van der Waals surface area contributed by atoms with Crippen molar-refractivity contribution in [1.29, 1.82) is 0 Å². The second-order valence-corrected chi connectivity index (χ2v) is 9.00. The zero-order valence-corrected chi connectivity index (χ0v) is 21.7. The number of carbonyl (C=O) groups is 1. The SMILES string of the molecule is CC[C@H](C)N(Cc1c(C)nn(-c2ccccc2)c1Oc1ccccc1OC)C(=O)c1ccc(Cl)cc1. The van der Waals surface area contributed by atoms with Crippen molar-refractivity contribution in [3.63, 3.8) is 0 Å². The van der Waals surface area contributed by atoms with Gasteiger partial charge in [0.05, 0.1) is 30.6 Å². The van der Waals surface area contributed by atoms with Gasteiger partial charge in [-0.25, -0.2) is 4.68 Å². The zero-order valence-electron chi connectivity index (χ0n) is 20.9. The van der Waals surface area contributed by atoms with E-state index < -0.39 is 0 Å². The lowest BCUT2D eigenvalue weighted by Crippen LogP contribution is -2.38. The Morgan fingerprint density at radius 3 is 2.28 bits per heavy atom. The lowest BCUT2D eigenvalue weighted by atomic mass is 10.1. The third-order valence-corrected chi connectivity index (χ3v) is 6.47. The van der Waals surface area contributed by atoms with Gasteiger partial charge in [-0.2, -0.15) is 5.10 Å². The van der Waals surface area contributed by atoms with E-state index in [0.29, 0.717) is 34.5 Å². The standard InChI is InChI=1S/C29H30ClN3O3/c1-5-20(2)32(28(34)22-15-17-23(30)18-16-22)19-25-21(3)31-33(24-11-7-6-8-12-24)29(25)36-27-14-10-9-13-26(27)35-4/h6-18,20H,5,19H2,1-4H3/t20-/m0/s1. The van der Waals surface area contributed by atoms with Gasteiger partial charge in [-0.1, -0.05) is 48.9 Å². The van der Waals surface area contributed by atoms with E-state index in [1.807, 2.05) is 73.3 Å². The highest BCUT2D eigenvalue weighted by atomic mass is 35.5. The number of rotatable bonds is 9. The number of amides is 1. The fourth-order valence-corrected chi connectivity index (χ4v) is 4.08. The van der Waals surface area contributed by atoms with Crippen LogP contribution in [0.25, 0.3) is 5.69 Å². The minimum Gasteiger partial charge on any atom is -0.493 e. The molecule has 0 bridgehead atoms. The van der Waals surface area contributed by atoms with Crippen LogP contribution in [0.3, 0.4) is 0 Å². The molecular formula is C29H30ClN3O3. The minimum absolute atomic E-state index is 0.00763. The third-order valence-electron chi connectivity index (χ3n) is 6.22. The average molecular weight is 504 g/mol. The Hall–Kier alpha value is -3.77. The molecule has 1 aromatic heterocycles. The lowest BCUT2D eigenvalue weighted by molar-refractivity contribution is 0.0670. The summed E-state index contributed by atoms with van der Waals surface area (Å²) in [7, 11) is 1.61. The highest BCUT2D eigenvalue weighted by Crippen LogP contribution is 2.36. The molecule has 0 aliphatic heterocycles. The minimum atomic E-state index is -0.0730. The van der Waals surface area contributed by atoms with Crippen molar-refractivity contribution in [3.05, 3.63) is 101 Å². The predicted octanol–water partition coefficient (Wildman–Crippen LogP) is 7.08. The summed E-state index contributed by atoms with van der Waals surface area (Å²) < 4.78 is 13.8. The summed E-state index contributed by atoms with van der Waals surface area (Å²) in [4.78, 5) is 15.5. The molecule has 0 radical (unpaired) electrons. The number of aryl methyl sites for hydroxylation is 1. The first-order valence-corrected chi connectivity index (χ1v) is 12.3. The van der Waals surface area contributed by atoms with Gasteiger partial charge in [0, 0.05) is 16.6 Å². The van der Waals surface area contributed by atoms with Gasteiger partial charge in [0.2, 0.25) is 5.88 Å². The molecule has 0 N–H and O–H groups in total. The molecule has 0 saturated carbocycles. The number of methoxy groups -OCH3 is 1. The molecule has 36 heavy (non-hydrogen) atoms.